The maximum absolute atomic E-state index is 13.2. The molecule has 5 nitrogen and oxygen atoms in total. The van der Waals surface area contributed by atoms with E-state index in [1.54, 1.807) is 0 Å². The molecule has 0 atom stereocenters. The van der Waals surface area contributed by atoms with E-state index in [2.05, 4.69) is 15.5 Å². The third-order valence-corrected chi connectivity index (χ3v) is 1.93. The highest BCUT2D eigenvalue weighted by Gasteiger charge is 2.13. The van der Waals surface area contributed by atoms with Crippen molar-refractivity contribution in [3.63, 3.8) is 0 Å². The number of ketones is 1. The largest absolute Gasteiger partial charge is 0.292 e. The number of carbonyl (C=O) groups excluding carboxylic acids is 1. The highest BCUT2D eigenvalue weighted by molar-refractivity contribution is 5.96. The van der Waals surface area contributed by atoms with Crippen molar-refractivity contribution in [2.75, 3.05) is 0 Å². The quantitative estimate of drug-likeness (QED) is 0.724. The fourth-order valence-corrected chi connectivity index (χ4v) is 1.20. The molecule has 0 aliphatic heterocycles. The molecule has 0 saturated heterocycles. The molecular weight excluding hydrogens is 218 g/mol. The maximum atomic E-state index is 13.2. The van der Waals surface area contributed by atoms with Gasteiger partial charge in [0.2, 0.25) is 0 Å². The molecule has 0 saturated carbocycles. The van der Waals surface area contributed by atoms with Gasteiger partial charge in [-0.3, -0.25) is 4.79 Å². The topological polar surface area (TPSA) is 60.7 Å². The molecule has 16 heavy (non-hydrogen) atoms. The smallest absolute Gasteiger partial charge is 0.187 e. The molecule has 0 amide bonds. The third-order valence-electron chi connectivity index (χ3n) is 1.93. The Hall–Kier alpha value is -2.18. The Morgan fingerprint density at radius 3 is 2.81 bits per heavy atom. The molecular formula is C9H6F2N4O. The van der Waals surface area contributed by atoms with Crippen LogP contribution in [0.25, 0.3) is 0 Å². The summed E-state index contributed by atoms with van der Waals surface area (Å²) >= 11 is 0. The first-order valence-corrected chi connectivity index (χ1v) is 4.36. The molecule has 2 aromatic rings. The molecule has 0 unspecified atom stereocenters. The lowest BCUT2D eigenvalue weighted by Crippen LogP contribution is -2.12. The number of halogens is 2. The van der Waals surface area contributed by atoms with E-state index in [-0.39, 0.29) is 12.1 Å². The minimum atomic E-state index is -0.891. The summed E-state index contributed by atoms with van der Waals surface area (Å²) < 4.78 is 27.0. The number of aromatic nitrogens is 4. The Labute approximate surface area is 88.7 Å². The first-order chi connectivity index (χ1) is 7.66. The van der Waals surface area contributed by atoms with Gasteiger partial charge in [-0.05, 0) is 22.6 Å². The SMILES string of the molecule is O=C(Cn1cnnn1)c1ccc(F)cc1F. The van der Waals surface area contributed by atoms with Crippen LogP contribution in [0, 0.1) is 11.6 Å². The molecule has 1 aromatic carbocycles. The Morgan fingerprint density at radius 2 is 2.19 bits per heavy atom. The van der Waals surface area contributed by atoms with Crippen molar-refractivity contribution in [3.8, 4) is 0 Å². The maximum Gasteiger partial charge on any atom is 0.187 e. The fourth-order valence-electron chi connectivity index (χ4n) is 1.20. The minimum Gasteiger partial charge on any atom is -0.292 e. The normalized spacial score (nSPS) is 10.4. The summed E-state index contributed by atoms with van der Waals surface area (Å²) in [5.41, 5.74) is -0.183. The molecule has 0 bridgehead atoms. The highest BCUT2D eigenvalue weighted by Crippen LogP contribution is 2.10. The lowest BCUT2D eigenvalue weighted by Gasteiger charge is -2.01. The van der Waals surface area contributed by atoms with Gasteiger partial charge < -0.3 is 0 Å². The Balaban J connectivity index is 2.21. The summed E-state index contributed by atoms with van der Waals surface area (Å²) in [5, 5.41) is 10.1. The van der Waals surface area contributed by atoms with Gasteiger partial charge in [-0.15, -0.1) is 5.10 Å². The second kappa shape index (κ2) is 4.13. The molecule has 7 heteroatoms. The van der Waals surface area contributed by atoms with Crippen molar-refractivity contribution in [1.82, 2.24) is 20.2 Å². The lowest BCUT2D eigenvalue weighted by molar-refractivity contribution is 0.0963. The molecule has 0 N–H and O–H groups in total. The molecule has 1 aromatic heterocycles. The van der Waals surface area contributed by atoms with Crippen LogP contribution >= 0.6 is 0 Å². The van der Waals surface area contributed by atoms with Crippen LogP contribution in [0.4, 0.5) is 8.78 Å². The van der Waals surface area contributed by atoms with E-state index in [4.69, 9.17) is 0 Å². The van der Waals surface area contributed by atoms with Crippen LogP contribution in [0.3, 0.4) is 0 Å². The Kier molecular flexibility index (Phi) is 2.67. The summed E-state index contributed by atoms with van der Waals surface area (Å²) in [6.45, 7) is -0.185. The number of Topliss-reactive ketones (excluding diaryl/α,β-unsaturated/α-hetero) is 1. The van der Waals surface area contributed by atoms with Crippen LogP contribution in [0.2, 0.25) is 0 Å². The molecule has 0 spiro atoms. The van der Waals surface area contributed by atoms with E-state index in [0.29, 0.717) is 6.07 Å². The van der Waals surface area contributed by atoms with Gasteiger partial charge in [-0.2, -0.15) is 0 Å². The molecule has 0 radical (unpaired) electrons. The number of tetrazole rings is 1. The molecule has 82 valence electrons. The number of carbonyl (C=O) groups is 1. The van der Waals surface area contributed by atoms with E-state index < -0.39 is 17.4 Å². The van der Waals surface area contributed by atoms with Gasteiger partial charge in [-0.25, -0.2) is 13.5 Å². The number of rotatable bonds is 3. The molecule has 0 aliphatic carbocycles. The zero-order chi connectivity index (χ0) is 11.5. The van der Waals surface area contributed by atoms with Crippen LogP contribution in [0.15, 0.2) is 24.5 Å². The number of hydrogen-bond donors (Lipinski definition) is 0. The lowest BCUT2D eigenvalue weighted by atomic mass is 10.1. The van der Waals surface area contributed by atoms with Gasteiger partial charge >= 0.3 is 0 Å². The molecule has 0 fully saturated rings. The van der Waals surface area contributed by atoms with Gasteiger partial charge in [0, 0.05) is 6.07 Å². The second-order valence-corrected chi connectivity index (χ2v) is 3.05. The predicted octanol–water partition coefficient (Wildman–Crippen LogP) is 0.834. The number of nitrogens with zero attached hydrogens (tertiary/aromatic N) is 4. The molecule has 1 heterocycles. The average molecular weight is 224 g/mol. The Bertz CT molecular complexity index is 512. The van der Waals surface area contributed by atoms with E-state index in [1.807, 2.05) is 0 Å². The predicted molar refractivity (Wildman–Crippen MR) is 48.5 cm³/mol. The fraction of sp³-hybridized carbons (Fsp3) is 0.111. The first-order valence-electron chi connectivity index (χ1n) is 4.36. The van der Waals surface area contributed by atoms with Crippen LogP contribution in [0.1, 0.15) is 10.4 Å². The highest BCUT2D eigenvalue weighted by atomic mass is 19.1. The van der Waals surface area contributed by atoms with E-state index >= 15 is 0 Å². The van der Waals surface area contributed by atoms with Crippen molar-refractivity contribution >= 4 is 5.78 Å². The second-order valence-electron chi connectivity index (χ2n) is 3.05. The average Bonchev–Trinajstić information content (AvgIpc) is 2.70. The van der Waals surface area contributed by atoms with Gasteiger partial charge in [0.05, 0.1) is 5.56 Å². The van der Waals surface area contributed by atoms with E-state index in [0.717, 1.165) is 16.8 Å². The number of hydrogen-bond acceptors (Lipinski definition) is 4. The third kappa shape index (κ3) is 2.08. The van der Waals surface area contributed by atoms with Crippen LogP contribution in [0.5, 0.6) is 0 Å². The molecule has 0 aliphatic rings. The van der Waals surface area contributed by atoms with Crippen molar-refractivity contribution in [3.05, 3.63) is 41.7 Å². The summed E-state index contributed by atoms with van der Waals surface area (Å²) in [6.07, 6.45) is 1.24. The van der Waals surface area contributed by atoms with E-state index in [9.17, 15) is 13.6 Å². The zero-order valence-corrected chi connectivity index (χ0v) is 7.97. The van der Waals surface area contributed by atoms with Crippen molar-refractivity contribution in [2.24, 2.45) is 0 Å². The summed E-state index contributed by atoms with van der Waals surface area (Å²) in [7, 11) is 0. The van der Waals surface area contributed by atoms with Gasteiger partial charge in [0.15, 0.2) is 5.78 Å². The first kappa shape index (κ1) is 10.3. The monoisotopic (exact) mass is 224 g/mol. The van der Waals surface area contributed by atoms with Gasteiger partial charge in [0.1, 0.15) is 24.5 Å². The van der Waals surface area contributed by atoms with Crippen molar-refractivity contribution < 1.29 is 13.6 Å². The standard InChI is InChI=1S/C9H6F2N4O/c10-6-1-2-7(8(11)3-6)9(16)4-15-5-12-13-14-15/h1-3,5H,4H2. The van der Waals surface area contributed by atoms with Crippen molar-refractivity contribution in [1.29, 1.82) is 0 Å². The van der Waals surface area contributed by atoms with Gasteiger partial charge in [-0.1, -0.05) is 0 Å². The van der Waals surface area contributed by atoms with Crippen LogP contribution in [-0.2, 0) is 6.54 Å². The summed E-state index contributed by atoms with van der Waals surface area (Å²) in [5.74, 6) is -2.14. The van der Waals surface area contributed by atoms with Crippen LogP contribution < -0.4 is 0 Å². The summed E-state index contributed by atoms with van der Waals surface area (Å²) in [6, 6.07) is 2.78. The van der Waals surface area contributed by atoms with Gasteiger partial charge in [0.25, 0.3) is 0 Å². The van der Waals surface area contributed by atoms with Crippen LogP contribution in [-0.4, -0.2) is 26.0 Å². The summed E-state index contributed by atoms with van der Waals surface area (Å²) in [4.78, 5) is 11.6. The minimum absolute atomic E-state index is 0.183. The Morgan fingerprint density at radius 1 is 1.38 bits per heavy atom. The zero-order valence-electron chi connectivity index (χ0n) is 7.97. The number of benzene rings is 1. The van der Waals surface area contributed by atoms with E-state index in [1.165, 1.54) is 6.33 Å². The van der Waals surface area contributed by atoms with Crippen molar-refractivity contribution in [2.45, 2.75) is 6.54 Å². The molecule has 2 rings (SSSR count).